The molecule has 0 spiro atoms. The van der Waals surface area contributed by atoms with Crippen molar-refractivity contribution in [2.45, 2.75) is 126 Å². The van der Waals surface area contributed by atoms with Gasteiger partial charge in [-0.3, -0.25) is 53.0 Å². The summed E-state index contributed by atoms with van der Waals surface area (Å²) >= 11 is 0.874. The Morgan fingerprint density at radius 2 is 1.60 bits per heavy atom. The maximum absolute atomic E-state index is 15.2. The third kappa shape index (κ3) is 13.3. The van der Waals surface area contributed by atoms with Crippen LogP contribution in [0, 0.1) is 11.8 Å². The maximum atomic E-state index is 15.2. The van der Waals surface area contributed by atoms with Crippen LogP contribution >= 0.6 is 18.9 Å². The Bertz CT molecular complexity index is 3480. The van der Waals surface area contributed by atoms with Crippen LogP contribution in [0.1, 0.15) is 131 Å². The molecule has 440 valence electrons. The highest BCUT2D eigenvalue weighted by atomic mass is 32.1. The lowest BCUT2D eigenvalue weighted by Crippen LogP contribution is -2.62. The number of halogens is 2. The summed E-state index contributed by atoms with van der Waals surface area (Å²) in [4.78, 5) is 147. The molecule has 5 aromatic rings. The van der Waals surface area contributed by atoms with Gasteiger partial charge in [0.25, 0.3) is 11.8 Å². The minimum Gasteiger partial charge on any atom is -0.370 e. The molecule has 7 N–H and O–H groups in total. The van der Waals surface area contributed by atoms with Gasteiger partial charge in [-0.1, -0.05) is 91.1 Å². The molecular formula is C60H63F2N8O12PS. The lowest BCUT2D eigenvalue weighted by Gasteiger charge is -2.40. The van der Waals surface area contributed by atoms with Gasteiger partial charge in [0.15, 0.2) is 0 Å². The third-order valence-electron chi connectivity index (χ3n) is 15.9. The molecule has 20 nitrogen and oxygen atoms in total. The van der Waals surface area contributed by atoms with Crippen LogP contribution in [0.15, 0.2) is 103 Å². The Morgan fingerprint density at radius 1 is 0.881 bits per heavy atom. The molecule has 1 aromatic heterocycles. The summed E-state index contributed by atoms with van der Waals surface area (Å²) in [5, 5.41) is 8.19. The molecule has 0 bridgehead atoms. The number of nitrogens with two attached hydrogens (primary N) is 1. The number of rotatable bonds is 19. The second kappa shape index (κ2) is 25.8. The Morgan fingerprint density at radius 3 is 2.27 bits per heavy atom. The number of alkyl halides is 2. The average Bonchev–Trinajstić information content (AvgIpc) is 2.71. The first-order valence-electron chi connectivity index (χ1n) is 27.7. The van der Waals surface area contributed by atoms with E-state index in [1.54, 1.807) is 18.2 Å². The number of carbonyl (C=O) groups is 9. The van der Waals surface area contributed by atoms with E-state index in [0.717, 1.165) is 34.6 Å². The summed E-state index contributed by atoms with van der Waals surface area (Å²) in [7, 11) is -4.51. The maximum Gasteiger partial charge on any atom is 0.399 e. The molecule has 5 heterocycles. The van der Waals surface area contributed by atoms with E-state index in [1.807, 2.05) is 60.7 Å². The second-order valence-corrected chi connectivity index (χ2v) is 24.2. The molecule has 3 fully saturated rings. The molecule has 0 aliphatic carbocycles. The number of primary amides is 1. The molecule has 24 heteroatoms. The van der Waals surface area contributed by atoms with Gasteiger partial charge >= 0.3 is 13.3 Å². The number of unbranched alkanes of at least 4 members (excludes halogenated alkanes) is 3. The highest BCUT2D eigenvalue weighted by Crippen LogP contribution is 2.59. The van der Waals surface area contributed by atoms with Crippen LogP contribution in [0.3, 0.4) is 0 Å². The number of hydrogen-bond acceptors (Lipinski definition) is 11. The summed E-state index contributed by atoms with van der Waals surface area (Å²) < 4.78 is 41.6. The lowest BCUT2D eigenvalue weighted by molar-refractivity contribution is -0.150. The van der Waals surface area contributed by atoms with Crippen LogP contribution in [-0.4, -0.2) is 133 Å². The first-order chi connectivity index (χ1) is 40.1. The Kier molecular flexibility index (Phi) is 18.5. The van der Waals surface area contributed by atoms with E-state index in [9.17, 15) is 61.5 Å². The first kappa shape index (κ1) is 60.4. The van der Waals surface area contributed by atoms with Gasteiger partial charge in [0.2, 0.25) is 41.4 Å². The molecule has 84 heavy (non-hydrogen) atoms. The first-order valence-corrected chi connectivity index (χ1v) is 30.1. The van der Waals surface area contributed by atoms with Gasteiger partial charge in [-0.15, -0.1) is 11.3 Å². The summed E-state index contributed by atoms with van der Waals surface area (Å²) in [6.07, 6.45) is 2.92. The van der Waals surface area contributed by atoms with Crippen molar-refractivity contribution in [2.75, 3.05) is 20.1 Å². The number of imide groups is 1. The van der Waals surface area contributed by atoms with E-state index in [0.29, 0.717) is 53.5 Å². The number of benzene rings is 4. The molecule has 0 radical (unpaired) electrons. The van der Waals surface area contributed by atoms with Gasteiger partial charge < -0.3 is 45.8 Å². The normalized spacial score (nSPS) is 19.4. The van der Waals surface area contributed by atoms with Crippen LogP contribution in [0.4, 0.5) is 8.78 Å². The highest BCUT2D eigenvalue weighted by molar-refractivity contribution is 7.52. The van der Waals surface area contributed by atoms with E-state index in [1.165, 1.54) is 38.8 Å². The van der Waals surface area contributed by atoms with Crippen molar-refractivity contribution in [1.29, 1.82) is 0 Å². The fourth-order valence-electron chi connectivity index (χ4n) is 11.4. The SMILES string of the molecule is CN(C(=O)[C@@H]1CC[C@@H]2CCN(C(=O)CCCCCC#Cc3cccc4c3CN(C3CCC(=O)NC3=O)C4=O)C[C@H](NC(=O)c3cc4cc(C(F)(F)P(=O)(O)O)ccc4s3)C(=O)N21)[C@@H](CCC(N)=O)C(=O)NC(c1ccccc1)c1ccccc1. The van der Waals surface area contributed by atoms with Gasteiger partial charge in [0.1, 0.15) is 24.2 Å². The molecular weight excluding hydrogens is 1130 g/mol. The monoisotopic (exact) mass is 1190 g/mol. The minimum absolute atomic E-state index is 0.0465. The lowest BCUT2D eigenvalue weighted by atomic mass is 9.97. The van der Waals surface area contributed by atoms with E-state index >= 15 is 4.79 Å². The number of carbonyl (C=O) groups excluding carboxylic acids is 9. The third-order valence-corrected chi connectivity index (χ3v) is 18.0. The largest absolute Gasteiger partial charge is 0.399 e. The van der Waals surface area contributed by atoms with Gasteiger partial charge in [-0.05, 0) is 97.4 Å². The van der Waals surface area contributed by atoms with Crippen LogP contribution < -0.4 is 21.7 Å². The van der Waals surface area contributed by atoms with Crippen molar-refractivity contribution in [3.05, 3.63) is 141 Å². The van der Waals surface area contributed by atoms with Crippen molar-refractivity contribution in [2.24, 2.45) is 5.73 Å². The average molecular weight is 1190 g/mol. The summed E-state index contributed by atoms with van der Waals surface area (Å²) in [6, 6.07) is 21.9. The molecule has 4 aromatic carbocycles. The van der Waals surface area contributed by atoms with Gasteiger partial charge in [-0.2, -0.15) is 8.78 Å². The molecule has 9 rings (SSSR count). The predicted molar refractivity (Wildman–Crippen MR) is 304 cm³/mol. The molecule has 4 aliphatic heterocycles. The Labute approximate surface area is 486 Å². The smallest absolute Gasteiger partial charge is 0.370 e. The van der Waals surface area contributed by atoms with Crippen LogP contribution in [0.25, 0.3) is 10.1 Å². The number of amides is 9. The standard InChI is InChI=1S/C60H63F2N8O12PS/c1-67(45(25-28-50(63)71)54(74)66-53(37-15-8-5-9-16-37)38-17-10-6-11-18-38)59(79)47-24-23-41-30-31-68(35-44(58(78)70(41)47)64-56(76)49-33-39-32-40(22-27-48(39)84-49)60(61,62)83(80,81)82)52(73)21-12-4-2-3-7-14-36-19-13-20-42-43(36)34-69(57(42)77)46-26-29-51(72)65-55(46)75/h5-6,8-11,13,15-20,22,27,32-33,41,44-47,53H,2-4,12,21,23-26,28-31,34-35H2,1H3,(H2,63,71)(H,64,76)(H,66,74)(H,65,72,75)(H2,80,81,82)/t41-,44+,45+,46?,47+/m1/s1. The fraction of sp³-hybridized carbons (Fsp3) is 0.383. The summed E-state index contributed by atoms with van der Waals surface area (Å²) in [6.45, 7) is 0.00419. The zero-order chi connectivity index (χ0) is 60.0. The second-order valence-electron chi connectivity index (χ2n) is 21.4. The van der Waals surface area contributed by atoms with E-state index < -0.39 is 90.5 Å². The van der Waals surface area contributed by atoms with Gasteiger partial charge in [0.05, 0.1) is 10.9 Å². The number of thiophene rings is 1. The Balaban J connectivity index is 0.900. The minimum atomic E-state index is -5.93. The highest BCUT2D eigenvalue weighted by Gasteiger charge is 2.51. The number of nitrogens with zero attached hydrogens (tertiary/aromatic N) is 4. The van der Waals surface area contributed by atoms with Crippen molar-refractivity contribution >= 4 is 82.2 Å². The molecule has 4 aliphatic rings. The van der Waals surface area contributed by atoms with Crippen LogP contribution in [0.2, 0.25) is 0 Å². The molecule has 5 atom stereocenters. The predicted octanol–water partition coefficient (Wildman–Crippen LogP) is 5.58. The zero-order valence-electron chi connectivity index (χ0n) is 45.8. The van der Waals surface area contributed by atoms with Crippen molar-refractivity contribution in [1.82, 2.24) is 35.6 Å². The molecule has 9 amide bonds. The van der Waals surface area contributed by atoms with Crippen LogP contribution in [-0.2, 0) is 50.3 Å². The van der Waals surface area contributed by atoms with E-state index in [-0.39, 0.29) is 92.6 Å². The van der Waals surface area contributed by atoms with Crippen molar-refractivity contribution in [3.8, 4) is 11.8 Å². The van der Waals surface area contributed by atoms with Crippen molar-refractivity contribution in [3.63, 3.8) is 0 Å². The number of fused-ring (bicyclic) bond motifs is 3. The number of piperidine rings is 1. The number of hydrogen-bond donors (Lipinski definition) is 6. The van der Waals surface area contributed by atoms with E-state index in [2.05, 4.69) is 27.8 Å². The molecule has 1 unspecified atom stereocenters. The molecule has 3 saturated heterocycles. The fourth-order valence-corrected chi connectivity index (χ4v) is 12.9. The number of nitrogens with one attached hydrogen (secondary N) is 3. The zero-order valence-corrected chi connectivity index (χ0v) is 47.6. The summed E-state index contributed by atoms with van der Waals surface area (Å²) in [5.74, 6) is 1.42. The van der Waals surface area contributed by atoms with Crippen molar-refractivity contribution < 1.29 is 66.3 Å². The topological polar surface area (TPSA) is 286 Å². The quantitative estimate of drug-likeness (QED) is 0.0256. The van der Waals surface area contributed by atoms with E-state index in [4.69, 9.17) is 5.73 Å². The molecule has 0 saturated carbocycles. The Hall–Kier alpha value is -8.16. The van der Waals surface area contributed by atoms with Crippen LogP contribution in [0.5, 0.6) is 0 Å². The van der Waals surface area contributed by atoms with Gasteiger partial charge in [-0.25, -0.2) is 0 Å². The van der Waals surface area contributed by atoms with Gasteiger partial charge in [0, 0.05) is 79.8 Å². The summed E-state index contributed by atoms with van der Waals surface area (Å²) in [5.41, 5.74) is 3.41. The number of likely N-dealkylation sites (N-methyl/N-ethyl adjacent to an activating group) is 1.